The van der Waals surface area contributed by atoms with Gasteiger partial charge in [0.2, 0.25) is 0 Å². The molecule has 80 valence electrons. The zero-order valence-corrected chi connectivity index (χ0v) is 9.77. The lowest BCUT2D eigenvalue weighted by Crippen LogP contribution is -2.27. The molecule has 0 radical (unpaired) electrons. The van der Waals surface area contributed by atoms with Crippen LogP contribution in [0.25, 0.3) is 0 Å². The van der Waals surface area contributed by atoms with Crippen LogP contribution in [-0.2, 0) is 0 Å². The van der Waals surface area contributed by atoms with E-state index >= 15 is 0 Å². The van der Waals surface area contributed by atoms with Crippen LogP contribution in [0.1, 0.15) is 33.1 Å². The van der Waals surface area contributed by atoms with Crippen LogP contribution < -0.4 is 5.32 Å². The summed E-state index contributed by atoms with van der Waals surface area (Å²) in [6.45, 7) is 8.04. The number of likely N-dealkylation sites (N-methyl/N-ethyl adjacent to an activating group) is 1. The Morgan fingerprint density at radius 1 is 1.15 bits per heavy atom. The quantitative estimate of drug-likeness (QED) is 0.583. The fourth-order valence-electron chi connectivity index (χ4n) is 1.41. The molecule has 0 aliphatic carbocycles. The van der Waals surface area contributed by atoms with E-state index in [0.29, 0.717) is 0 Å². The van der Waals surface area contributed by atoms with Crippen LogP contribution in [0.5, 0.6) is 0 Å². The molecular formula is C11H26N2. The smallest absolute Gasteiger partial charge is 0.0101 e. The molecule has 0 rings (SSSR count). The molecule has 0 heterocycles. The van der Waals surface area contributed by atoms with E-state index in [1.165, 1.54) is 25.8 Å². The third kappa shape index (κ3) is 9.84. The summed E-state index contributed by atoms with van der Waals surface area (Å²) in [6.07, 6.45) is 4.01. The molecule has 0 saturated heterocycles. The van der Waals surface area contributed by atoms with Crippen LogP contribution in [0.3, 0.4) is 0 Å². The fraction of sp³-hybridized carbons (Fsp3) is 1.00. The van der Waals surface area contributed by atoms with E-state index in [1.807, 2.05) is 0 Å². The van der Waals surface area contributed by atoms with Crippen molar-refractivity contribution in [1.29, 1.82) is 0 Å². The summed E-state index contributed by atoms with van der Waals surface area (Å²) in [4.78, 5) is 2.21. The minimum atomic E-state index is 0.886. The Hall–Kier alpha value is -0.0800. The molecule has 0 aromatic heterocycles. The summed E-state index contributed by atoms with van der Waals surface area (Å²) < 4.78 is 0. The highest BCUT2D eigenvalue weighted by Crippen LogP contribution is 2.07. The summed E-state index contributed by atoms with van der Waals surface area (Å²) in [6, 6.07) is 0. The molecule has 0 aromatic carbocycles. The number of nitrogens with one attached hydrogen (secondary N) is 1. The molecule has 0 aromatic rings. The molecule has 0 spiro atoms. The van der Waals surface area contributed by atoms with Gasteiger partial charge in [0, 0.05) is 13.1 Å². The van der Waals surface area contributed by atoms with Gasteiger partial charge in [0.05, 0.1) is 0 Å². The zero-order valence-electron chi connectivity index (χ0n) is 9.77. The van der Waals surface area contributed by atoms with E-state index in [1.54, 1.807) is 0 Å². The molecule has 13 heavy (non-hydrogen) atoms. The standard InChI is InChI=1S/C11H26N2/c1-5-6-11(2)7-8-12-9-10-13(3)4/h11-12H,5-10H2,1-4H3. The topological polar surface area (TPSA) is 15.3 Å². The maximum Gasteiger partial charge on any atom is 0.0101 e. The van der Waals surface area contributed by atoms with Gasteiger partial charge in [-0.25, -0.2) is 0 Å². The van der Waals surface area contributed by atoms with Crippen molar-refractivity contribution >= 4 is 0 Å². The van der Waals surface area contributed by atoms with E-state index in [-0.39, 0.29) is 0 Å². The van der Waals surface area contributed by atoms with Crippen molar-refractivity contribution in [2.45, 2.75) is 33.1 Å². The molecule has 0 aliphatic rings. The average Bonchev–Trinajstić information content (AvgIpc) is 2.03. The van der Waals surface area contributed by atoms with E-state index in [0.717, 1.165) is 19.0 Å². The van der Waals surface area contributed by atoms with Crippen molar-refractivity contribution in [3.63, 3.8) is 0 Å². The predicted molar refractivity (Wildman–Crippen MR) is 60.1 cm³/mol. The highest BCUT2D eigenvalue weighted by molar-refractivity contribution is 4.56. The van der Waals surface area contributed by atoms with Crippen LogP contribution in [0, 0.1) is 5.92 Å². The van der Waals surface area contributed by atoms with Gasteiger partial charge >= 0.3 is 0 Å². The van der Waals surface area contributed by atoms with Crippen molar-refractivity contribution in [3.8, 4) is 0 Å². The second-order valence-electron chi connectivity index (χ2n) is 4.24. The summed E-state index contributed by atoms with van der Waals surface area (Å²) in [7, 11) is 4.22. The van der Waals surface area contributed by atoms with Gasteiger partial charge in [-0.2, -0.15) is 0 Å². The Labute approximate surface area is 83.7 Å². The van der Waals surface area contributed by atoms with E-state index in [4.69, 9.17) is 0 Å². The van der Waals surface area contributed by atoms with Gasteiger partial charge in [-0.3, -0.25) is 0 Å². The van der Waals surface area contributed by atoms with Gasteiger partial charge in [-0.15, -0.1) is 0 Å². The Bertz CT molecular complexity index is 102. The summed E-state index contributed by atoms with van der Waals surface area (Å²) in [5.41, 5.74) is 0. The van der Waals surface area contributed by atoms with Gasteiger partial charge in [0.15, 0.2) is 0 Å². The Balaban J connectivity index is 3.06. The summed E-state index contributed by atoms with van der Waals surface area (Å²) in [5.74, 6) is 0.886. The van der Waals surface area contributed by atoms with Crippen LogP contribution in [0.4, 0.5) is 0 Å². The molecule has 1 N–H and O–H groups in total. The van der Waals surface area contributed by atoms with Crippen LogP contribution in [0.15, 0.2) is 0 Å². The highest BCUT2D eigenvalue weighted by atomic mass is 15.1. The molecule has 1 atom stereocenters. The minimum absolute atomic E-state index is 0.886. The molecule has 2 heteroatoms. The minimum Gasteiger partial charge on any atom is -0.315 e. The monoisotopic (exact) mass is 186 g/mol. The van der Waals surface area contributed by atoms with Gasteiger partial charge in [-0.1, -0.05) is 26.7 Å². The predicted octanol–water partition coefficient (Wildman–Crippen LogP) is 1.96. The third-order valence-electron chi connectivity index (χ3n) is 2.33. The first kappa shape index (κ1) is 12.9. The van der Waals surface area contributed by atoms with E-state index in [9.17, 15) is 0 Å². The first-order valence-electron chi connectivity index (χ1n) is 5.52. The second-order valence-corrected chi connectivity index (χ2v) is 4.24. The Kier molecular flexibility index (Phi) is 8.46. The highest BCUT2D eigenvalue weighted by Gasteiger charge is 1.99. The summed E-state index contributed by atoms with van der Waals surface area (Å²) >= 11 is 0. The average molecular weight is 186 g/mol. The molecule has 0 saturated carbocycles. The number of hydrogen-bond acceptors (Lipinski definition) is 2. The second kappa shape index (κ2) is 8.52. The Morgan fingerprint density at radius 3 is 2.38 bits per heavy atom. The molecule has 0 bridgehead atoms. The molecule has 0 aliphatic heterocycles. The van der Waals surface area contributed by atoms with Gasteiger partial charge in [0.25, 0.3) is 0 Å². The molecule has 0 fully saturated rings. The van der Waals surface area contributed by atoms with E-state index < -0.39 is 0 Å². The first-order valence-corrected chi connectivity index (χ1v) is 5.52. The van der Waals surface area contributed by atoms with Crippen LogP contribution in [-0.4, -0.2) is 38.6 Å². The van der Waals surface area contributed by atoms with E-state index in [2.05, 4.69) is 38.2 Å². The summed E-state index contributed by atoms with van der Waals surface area (Å²) in [5, 5.41) is 3.46. The van der Waals surface area contributed by atoms with Crippen molar-refractivity contribution in [1.82, 2.24) is 10.2 Å². The lowest BCUT2D eigenvalue weighted by molar-refractivity contribution is 0.390. The largest absolute Gasteiger partial charge is 0.315 e. The van der Waals surface area contributed by atoms with Crippen molar-refractivity contribution in [3.05, 3.63) is 0 Å². The van der Waals surface area contributed by atoms with Crippen LogP contribution in [0.2, 0.25) is 0 Å². The van der Waals surface area contributed by atoms with Gasteiger partial charge < -0.3 is 10.2 Å². The molecular weight excluding hydrogens is 160 g/mol. The maximum absolute atomic E-state index is 3.46. The van der Waals surface area contributed by atoms with Gasteiger partial charge in [-0.05, 0) is 33.0 Å². The number of nitrogens with zero attached hydrogens (tertiary/aromatic N) is 1. The lowest BCUT2D eigenvalue weighted by atomic mass is 10.0. The number of hydrogen-bond donors (Lipinski definition) is 1. The number of rotatable bonds is 8. The zero-order chi connectivity index (χ0) is 10.1. The fourth-order valence-corrected chi connectivity index (χ4v) is 1.41. The molecule has 2 nitrogen and oxygen atoms in total. The third-order valence-corrected chi connectivity index (χ3v) is 2.33. The first-order chi connectivity index (χ1) is 6.16. The van der Waals surface area contributed by atoms with Crippen molar-refractivity contribution < 1.29 is 0 Å². The Morgan fingerprint density at radius 2 is 1.85 bits per heavy atom. The molecule has 1 unspecified atom stereocenters. The van der Waals surface area contributed by atoms with Crippen LogP contribution >= 0.6 is 0 Å². The maximum atomic E-state index is 3.46. The van der Waals surface area contributed by atoms with Crippen molar-refractivity contribution in [2.24, 2.45) is 5.92 Å². The van der Waals surface area contributed by atoms with Crippen molar-refractivity contribution in [2.75, 3.05) is 33.7 Å². The van der Waals surface area contributed by atoms with Gasteiger partial charge in [0.1, 0.15) is 0 Å². The molecule has 0 amide bonds. The SMILES string of the molecule is CCCC(C)CCNCCN(C)C. The lowest BCUT2D eigenvalue weighted by Gasteiger charge is -2.12. The normalized spacial score (nSPS) is 13.6.